The van der Waals surface area contributed by atoms with E-state index in [4.69, 9.17) is 0 Å². The van der Waals surface area contributed by atoms with Crippen LogP contribution in [0.25, 0.3) is 0 Å². The summed E-state index contributed by atoms with van der Waals surface area (Å²) in [4.78, 5) is 12.3. The van der Waals surface area contributed by atoms with Gasteiger partial charge in [0.25, 0.3) is 5.91 Å². The molecule has 3 rings (SSSR count). The highest BCUT2D eigenvalue weighted by atomic mass is 19.1. The Kier molecular flexibility index (Phi) is 5.09. The number of carbonyl (C=O) groups is 1. The highest BCUT2D eigenvalue weighted by Crippen LogP contribution is 2.25. The number of hydrogen-bond acceptors (Lipinski definition) is 2. The molecule has 0 spiro atoms. The number of aromatic hydroxyl groups is 1. The van der Waals surface area contributed by atoms with E-state index in [1.54, 1.807) is 0 Å². The molecule has 0 bridgehead atoms. The van der Waals surface area contributed by atoms with Crippen LogP contribution in [0.2, 0.25) is 0 Å². The number of nitrogens with one attached hydrogen (secondary N) is 1. The van der Waals surface area contributed by atoms with Gasteiger partial charge in [0.05, 0.1) is 0 Å². The Morgan fingerprint density at radius 2 is 1.44 bits per heavy atom. The third kappa shape index (κ3) is 3.86. The van der Waals surface area contributed by atoms with Crippen molar-refractivity contribution in [1.82, 2.24) is 5.32 Å². The molecule has 0 atom stereocenters. The van der Waals surface area contributed by atoms with E-state index in [-0.39, 0.29) is 17.2 Å². The maximum atomic E-state index is 13.9. The fraction of sp³-hybridized carbons (Fsp3) is 0.0952. The monoisotopic (exact) mass is 335 g/mol. The van der Waals surface area contributed by atoms with Crippen molar-refractivity contribution in [2.75, 3.05) is 6.54 Å². The Morgan fingerprint density at radius 3 is 1.96 bits per heavy atom. The number of phenolic OH excluding ortho intramolecular Hbond substituents is 1. The molecule has 0 fully saturated rings. The SMILES string of the molecule is O=C(NCC(c1ccccc1)c1ccccc1)c1c(O)cccc1F. The van der Waals surface area contributed by atoms with Gasteiger partial charge in [-0.3, -0.25) is 4.79 Å². The predicted molar refractivity (Wildman–Crippen MR) is 95.1 cm³/mol. The van der Waals surface area contributed by atoms with E-state index in [9.17, 15) is 14.3 Å². The lowest BCUT2D eigenvalue weighted by molar-refractivity contribution is 0.0945. The van der Waals surface area contributed by atoms with E-state index in [0.29, 0.717) is 6.54 Å². The summed E-state index contributed by atoms with van der Waals surface area (Å²) in [6.07, 6.45) is 0. The lowest BCUT2D eigenvalue weighted by Gasteiger charge is -2.19. The first kappa shape index (κ1) is 16.7. The lowest BCUT2D eigenvalue weighted by Crippen LogP contribution is -2.29. The zero-order chi connectivity index (χ0) is 17.6. The van der Waals surface area contributed by atoms with Crippen LogP contribution in [-0.2, 0) is 0 Å². The Balaban J connectivity index is 1.83. The minimum absolute atomic E-state index is 0.0692. The molecule has 0 aliphatic carbocycles. The Labute approximate surface area is 145 Å². The molecular weight excluding hydrogens is 317 g/mol. The van der Waals surface area contributed by atoms with Crippen LogP contribution in [0.3, 0.4) is 0 Å². The molecular formula is C21H18FNO2. The molecule has 0 aromatic heterocycles. The normalized spacial score (nSPS) is 10.6. The van der Waals surface area contributed by atoms with Gasteiger partial charge in [-0.2, -0.15) is 0 Å². The average molecular weight is 335 g/mol. The topological polar surface area (TPSA) is 49.3 Å². The number of carbonyl (C=O) groups excluding carboxylic acids is 1. The van der Waals surface area contributed by atoms with Crippen LogP contribution in [-0.4, -0.2) is 17.6 Å². The van der Waals surface area contributed by atoms with E-state index < -0.39 is 11.7 Å². The Morgan fingerprint density at radius 1 is 0.880 bits per heavy atom. The first-order valence-electron chi connectivity index (χ1n) is 8.02. The maximum absolute atomic E-state index is 13.9. The first-order chi connectivity index (χ1) is 12.2. The van der Waals surface area contributed by atoms with Gasteiger partial charge < -0.3 is 10.4 Å². The van der Waals surface area contributed by atoms with Gasteiger partial charge in [0.15, 0.2) is 0 Å². The van der Waals surface area contributed by atoms with E-state index in [1.165, 1.54) is 12.1 Å². The second-order valence-electron chi connectivity index (χ2n) is 5.72. The molecule has 3 nitrogen and oxygen atoms in total. The summed E-state index contributed by atoms with van der Waals surface area (Å²) in [5.74, 6) is -1.81. The molecule has 1 amide bonds. The second kappa shape index (κ2) is 7.62. The highest BCUT2D eigenvalue weighted by molar-refractivity contribution is 5.97. The van der Waals surface area contributed by atoms with Gasteiger partial charge in [-0.05, 0) is 23.3 Å². The summed E-state index contributed by atoms with van der Waals surface area (Å²) in [5.41, 5.74) is 1.76. The number of amides is 1. The summed E-state index contributed by atoms with van der Waals surface area (Å²) in [7, 11) is 0. The number of halogens is 1. The average Bonchev–Trinajstić information content (AvgIpc) is 2.63. The van der Waals surface area contributed by atoms with Crippen LogP contribution < -0.4 is 5.32 Å². The molecule has 2 N–H and O–H groups in total. The third-order valence-electron chi connectivity index (χ3n) is 4.09. The first-order valence-corrected chi connectivity index (χ1v) is 8.02. The molecule has 0 radical (unpaired) electrons. The zero-order valence-electron chi connectivity index (χ0n) is 13.5. The van der Waals surface area contributed by atoms with E-state index in [0.717, 1.165) is 17.2 Å². The molecule has 0 saturated heterocycles. The molecule has 4 heteroatoms. The molecule has 3 aromatic carbocycles. The van der Waals surface area contributed by atoms with Crippen LogP contribution in [0.5, 0.6) is 5.75 Å². The largest absolute Gasteiger partial charge is 0.507 e. The minimum atomic E-state index is -0.742. The standard InChI is InChI=1S/C21H18FNO2/c22-18-12-7-13-19(24)20(18)21(25)23-14-17(15-8-3-1-4-9-15)16-10-5-2-6-11-16/h1-13,17,24H,14H2,(H,23,25). The van der Waals surface area contributed by atoms with E-state index in [2.05, 4.69) is 5.32 Å². The van der Waals surface area contributed by atoms with Crippen molar-refractivity contribution in [2.24, 2.45) is 0 Å². The van der Waals surface area contributed by atoms with Crippen LogP contribution in [0, 0.1) is 5.82 Å². The van der Waals surface area contributed by atoms with Crippen molar-refractivity contribution in [1.29, 1.82) is 0 Å². The van der Waals surface area contributed by atoms with Crippen molar-refractivity contribution < 1.29 is 14.3 Å². The quantitative estimate of drug-likeness (QED) is 0.738. The third-order valence-corrected chi connectivity index (χ3v) is 4.09. The fourth-order valence-corrected chi connectivity index (χ4v) is 2.82. The maximum Gasteiger partial charge on any atom is 0.258 e. The number of benzene rings is 3. The molecule has 126 valence electrons. The minimum Gasteiger partial charge on any atom is -0.507 e. The number of hydrogen-bond donors (Lipinski definition) is 2. The highest BCUT2D eigenvalue weighted by Gasteiger charge is 2.19. The lowest BCUT2D eigenvalue weighted by atomic mass is 9.91. The molecule has 0 aliphatic rings. The van der Waals surface area contributed by atoms with Gasteiger partial charge in [-0.1, -0.05) is 66.7 Å². The van der Waals surface area contributed by atoms with Gasteiger partial charge in [0, 0.05) is 12.5 Å². The van der Waals surface area contributed by atoms with Gasteiger partial charge >= 0.3 is 0 Å². The van der Waals surface area contributed by atoms with Crippen molar-refractivity contribution >= 4 is 5.91 Å². The zero-order valence-corrected chi connectivity index (χ0v) is 13.5. The van der Waals surface area contributed by atoms with Crippen LogP contribution in [0.1, 0.15) is 27.4 Å². The van der Waals surface area contributed by atoms with Crippen molar-refractivity contribution in [3.63, 3.8) is 0 Å². The Bertz CT molecular complexity index is 791. The van der Waals surface area contributed by atoms with Crippen molar-refractivity contribution in [3.8, 4) is 5.75 Å². The van der Waals surface area contributed by atoms with Crippen molar-refractivity contribution in [2.45, 2.75) is 5.92 Å². The van der Waals surface area contributed by atoms with Crippen molar-refractivity contribution in [3.05, 3.63) is 101 Å². The molecule has 0 aliphatic heterocycles. The predicted octanol–water partition coefficient (Wildman–Crippen LogP) is 4.09. The van der Waals surface area contributed by atoms with Crippen LogP contribution in [0.15, 0.2) is 78.9 Å². The fourth-order valence-electron chi connectivity index (χ4n) is 2.82. The second-order valence-corrected chi connectivity index (χ2v) is 5.72. The molecule has 3 aromatic rings. The van der Waals surface area contributed by atoms with Gasteiger partial charge in [-0.25, -0.2) is 4.39 Å². The smallest absolute Gasteiger partial charge is 0.258 e. The Hall–Kier alpha value is -3.14. The van der Waals surface area contributed by atoms with E-state index in [1.807, 2.05) is 60.7 Å². The molecule has 0 unspecified atom stereocenters. The van der Waals surface area contributed by atoms with E-state index >= 15 is 0 Å². The van der Waals surface area contributed by atoms with Crippen LogP contribution in [0.4, 0.5) is 4.39 Å². The van der Waals surface area contributed by atoms with Gasteiger partial charge in [0.1, 0.15) is 17.1 Å². The molecule has 0 saturated carbocycles. The van der Waals surface area contributed by atoms with Crippen LogP contribution >= 0.6 is 0 Å². The summed E-state index contributed by atoms with van der Waals surface area (Å²) >= 11 is 0. The molecule has 25 heavy (non-hydrogen) atoms. The summed E-state index contributed by atoms with van der Waals surface area (Å²) in [6, 6.07) is 23.4. The summed E-state index contributed by atoms with van der Waals surface area (Å²) in [5, 5.41) is 12.5. The summed E-state index contributed by atoms with van der Waals surface area (Å²) in [6.45, 7) is 0.292. The number of phenols is 1. The van der Waals surface area contributed by atoms with Gasteiger partial charge in [0.2, 0.25) is 0 Å². The molecule has 0 heterocycles. The number of rotatable bonds is 5. The van der Waals surface area contributed by atoms with Gasteiger partial charge in [-0.15, -0.1) is 0 Å². The summed E-state index contributed by atoms with van der Waals surface area (Å²) < 4.78 is 13.9.